The van der Waals surface area contributed by atoms with Crippen molar-refractivity contribution in [1.29, 1.82) is 5.26 Å². The fourth-order valence-electron chi connectivity index (χ4n) is 1.31. The van der Waals surface area contributed by atoms with Crippen LogP contribution in [0.5, 0.6) is 0 Å². The van der Waals surface area contributed by atoms with Crippen LogP contribution in [0.4, 0.5) is 0 Å². The number of hydrogen-bond donors (Lipinski definition) is 0. The van der Waals surface area contributed by atoms with Crippen molar-refractivity contribution in [2.45, 2.75) is 6.92 Å². The highest BCUT2D eigenvalue weighted by Crippen LogP contribution is 2.28. The third kappa shape index (κ3) is 1.95. The predicted molar refractivity (Wildman–Crippen MR) is 61.3 cm³/mol. The first-order chi connectivity index (χ1) is 7.20. The Morgan fingerprint density at radius 2 is 1.93 bits per heavy atom. The molecule has 0 aliphatic rings. The van der Waals surface area contributed by atoms with Crippen LogP contribution in [-0.4, -0.2) is 0 Å². The summed E-state index contributed by atoms with van der Waals surface area (Å²) in [7, 11) is 0. The molecular weight excluding hydrogens is 254 g/mol. The fourth-order valence-corrected chi connectivity index (χ4v) is 1.60. The number of halogens is 1. The highest BCUT2D eigenvalue weighted by atomic mass is 79.9. The van der Waals surface area contributed by atoms with Gasteiger partial charge in [0.2, 0.25) is 0 Å². The summed E-state index contributed by atoms with van der Waals surface area (Å²) in [6.07, 6.45) is 0. The highest BCUT2D eigenvalue weighted by Gasteiger charge is 2.06. The number of benzene rings is 1. The van der Waals surface area contributed by atoms with Crippen molar-refractivity contribution >= 4 is 15.9 Å². The molecule has 1 heterocycles. The van der Waals surface area contributed by atoms with Gasteiger partial charge in [-0.3, -0.25) is 0 Å². The first kappa shape index (κ1) is 10.0. The van der Waals surface area contributed by atoms with Crippen molar-refractivity contribution in [3.05, 3.63) is 46.1 Å². The van der Waals surface area contributed by atoms with Crippen LogP contribution >= 0.6 is 15.9 Å². The summed E-state index contributed by atoms with van der Waals surface area (Å²) >= 11 is 3.32. The van der Waals surface area contributed by atoms with Crippen molar-refractivity contribution in [2.75, 3.05) is 0 Å². The predicted octanol–water partition coefficient (Wildman–Crippen LogP) is 3.89. The van der Waals surface area contributed by atoms with E-state index in [9.17, 15) is 0 Å². The topological polar surface area (TPSA) is 36.9 Å². The second kappa shape index (κ2) is 3.92. The molecule has 0 saturated carbocycles. The second-order valence-electron chi connectivity index (χ2n) is 3.26. The van der Waals surface area contributed by atoms with Crippen LogP contribution in [0.15, 0.2) is 39.4 Å². The van der Waals surface area contributed by atoms with Crippen molar-refractivity contribution < 1.29 is 4.42 Å². The maximum atomic E-state index is 8.67. The Kier molecular flexibility index (Phi) is 2.61. The molecular formula is C12H8BrNO. The third-order valence-corrected chi connectivity index (χ3v) is 2.94. The lowest BCUT2D eigenvalue weighted by Crippen LogP contribution is -1.75. The van der Waals surface area contributed by atoms with E-state index in [1.807, 2.05) is 25.1 Å². The van der Waals surface area contributed by atoms with E-state index in [0.29, 0.717) is 5.56 Å². The van der Waals surface area contributed by atoms with Gasteiger partial charge in [0.1, 0.15) is 5.76 Å². The third-order valence-electron chi connectivity index (χ3n) is 2.16. The van der Waals surface area contributed by atoms with E-state index in [4.69, 9.17) is 9.68 Å². The Morgan fingerprint density at radius 1 is 1.27 bits per heavy atom. The molecule has 1 aromatic heterocycles. The van der Waals surface area contributed by atoms with Crippen LogP contribution < -0.4 is 0 Å². The van der Waals surface area contributed by atoms with E-state index in [0.717, 1.165) is 21.6 Å². The molecule has 0 saturated heterocycles. The van der Waals surface area contributed by atoms with Crippen molar-refractivity contribution in [3.8, 4) is 17.4 Å². The van der Waals surface area contributed by atoms with Gasteiger partial charge in [-0.15, -0.1) is 0 Å². The maximum Gasteiger partial charge on any atom is 0.172 e. The monoisotopic (exact) mass is 261 g/mol. The Labute approximate surface area is 96.3 Å². The Hall–Kier alpha value is -1.53. The molecule has 0 atom stereocenters. The van der Waals surface area contributed by atoms with E-state index in [1.54, 1.807) is 12.1 Å². The molecule has 0 spiro atoms. The smallest absolute Gasteiger partial charge is 0.172 e. The molecule has 0 fully saturated rings. The molecule has 0 radical (unpaired) electrons. The lowest BCUT2D eigenvalue weighted by molar-refractivity contribution is 0.553. The first-order valence-electron chi connectivity index (χ1n) is 4.47. The second-order valence-corrected chi connectivity index (χ2v) is 3.98. The molecule has 15 heavy (non-hydrogen) atoms. The summed E-state index contributed by atoms with van der Waals surface area (Å²) in [6, 6.07) is 11.4. The molecule has 0 bridgehead atoms. The summed E-state index contributed by atoms with van der Waals surface area (Å²) in [4.78, 5) is 0. The molecule has 3 heteroatoms. The summed E-state index contributed by atoms with van der Waals surface area (Å²) < 4.78 is 6.26. The zero-order chi connectivity index (χ0) is 10.8. The van der Waals surface area contributed by atoms with Gasteiger partial charge in [-0.05, 0) is 53.2 Å². The van der Waals surface area contributed by atoms with Gasteiger partial charge in [-0.1, -0.05) is 0 Å². The SMILES string of the molecule is Cc1cc(-c2ccc(C#N)cc2)oc1Br. The molecule has 2 rings (SSSR count). The summed E-state index contributed by atoms with van der Waals surface area (Å²) in [5.74, 6) is 0.809. The van der Waals surface area contributed by atoms with Crippen molar-refractivity contribution in [1.82, 2.24) is 0 Å². The lowest BCUT2D eigenvalue weighted by atomic mass is 10.1. The molecule has 0 aliphatic carbocycles. The van der Waals surface area contributed by atoms with Crippen LogP contribution in [0.1, 0.15) is 11.1 Å². The van der Waals surface area contributed by atoms with Crippen LogP contribution in [0.2, 0.25) is 0 Å². The summed E-state index contributed by atoms with van der Waals surface area (Å²) in [6.45, 7) is 1.97. The van der Waals surface area contributed by atoms with Gasteiger partial charge < -0.3 is 4.42 Å². The molecule has 0 amide bonds. The van der Waals surface area contributed by atoms with E-state index in [2.05, 4.69) is 22.0 Å². The number of hydrogen-bond acceptors (Lipinski definition) is 2. The summed E-state index contributed by atoms with van der Waals surface area (Å²) in [5, 5.41) is 8.67. The number of nitriles is 1. The average molecular weight is 262 g/mol. The molecule has 2 aromatic rings. The van der Waals surface area contributed by atoms with Gasteiger partial charge in [0.25, 0.3) is 0 Å². The van der Waals surface area contributed by atoms with Gasteiger partial charge in [0.15, 0.2) is 4.67 Å². The minimum atomic E-state index is 0.654. The van der Waals surface area contributed by atoms with Crippen LogP contribution in [0, 0.1) is 18.3 Å². The van der Waals surface area contributed by atoms with Gasteiger partial charge in [0.05, 0.1) is 11.6 Å². The lowest BCUT2D eigenvalue weighted by Gasteiger charge is -1.95. The standard InChI is InChI=1S/C12H8BrNO/c1-8-6-11(15-12(8)13)10-4-2-9(7-14)3-5-10/h2-6H,1H3. The zero-order valence-corrected chi connectivity index (χ0v) is 9.71. The van der Waals surface area contributed by atoms with Gasteiger partial charge in [0, 0.05) is 11.1 Å². The molecule has 1 aromatic carbocycles. The fraction of sp³-hybridized carbons (Fsp3) is 0.0833. The van der Waals surface area contributed by atoms with Crippen LogP contribution in [0.25, 0.3) is 11.3 Å². The average Bonchev–Trinajstić information content (AvgIpc) is 2.59. The molecule has 2 nitrogen and oxygen atoms in total. The van der Waals surface area contributed by atoms with Crippen LogP contribution in [0.3, 0.4) is 0 Å². The molecule has 0 N–H and O–H groups in total. The minimum Gasteiger partial charge on any atom is -0.449 e. The number of aryl methyl sites for hydroxylation is 1. The van der Waals surface area contributed by atoms with E-state index < -0.39 is 0 Å². The number of furan rings is 1. The van der Waals surface area contributed by atoms with Gasteiger partial charge in [-0.2, -0.15) is 5.26 Å². The van der Waals surface area contributed by atoms with Crippen molar-refractivity contribution in [2.24, 2.45) is 0 Å². The number of nitrogens with zero attached hydrogens (tertiary/aromatic N) is 1. The quantitative estimate of drug-likeness (QED) is 0.781. The normalized spacial score (nSPS) is 9.93. The van der Waals surface area contributed by atoms with E-state index in [-0.39, 0.29) is 0 Å². The van der Waals surface area contributed by atoms with Crippen LogP contribution in [-0.2, 0) is 0 Å². The Balaban J connectivity index is 2.42. The number of rotatable bonds is 1. The molecule has 0 unspecified atom stereocenters. The van der Waals surface area contributed by atoms with E-state index in [1.165, 1.54) is 0 Å². The van der Waals surface area contributed by atoms with Crippen molar-refractivity contribution in [3.63, 3.8) is 0 Å². The molecule has 0 aliphatic heterocycles. The van der Waals surface area contributed by atoms with Gasteiger partial charge >= 0.3 is 0 Å². The van der Waals surface area contributed by atoms with Gasteiger partial charge in [-0.25, -0.2) is 0 Å². The zero-order valence-electron chi connectivity index (χ0n) is 8.12. The Morgan fingerprint density at radius 3 is 2.40 bits per heavy atom. The Bertz CT molecular complexity index is 500. The maximum absolute atomic E-state index is 8.67. The largest absolute Gasteiger partial charge is 0.449 e. The minimum absolute atomic E-state index is 0.654. The highest BCUT2D eigenvalue weighted by molar-refractivity contribution is 9.10. The summed E-state index contributed by atoms with van der Waals surface area (Å²) in [5.41, 5.74) is 2.69. The van der Waals surface area contributed by atoms with E-state index >= 15 is 0 Å². The first-order valence-corrected chi connectivity index (χ1v) is 5.26. The molecule has 74 valence electrons.